The first-order valence-corrected chi connectivity index (χ1v) is 10.5. The van der Waals surface area contributed by atoms with Gasteiger partial charge in [-0.25, -0.2) is 0 Å². The molecule has 0 heterocycles. The number of hydrogen-bond acceptors (Lipinski definition) is 6. The zero-order chi connectivity index (χ0) is 25.0. The molecule has 1 aromatic carbocycles. The molecule has 4 unspecified atom stereocenters. The van der Waals surface area contributed by atoms with Gasteiger partial charge in [0.15, 0.2) is 5.96 Å². The van der Waals surface area contributed by atoms with E-state index in [0.29, 0.717) is 12.8 Å². The van der Waals surface area contributed by atoms with Crippen LogP contribution in [-0.4, -0.2) is 65.5 Å². The first-order chi connectivity index (χ1) is 15.5. The second kappa shape index (κ2) is 13.7. The molecule has 1 aromatic rings. The highest BCUT2D eigenvalue weighted by Crippen LogP contribution is 2.03. The van der Waals surface area contributed by atoms with E-state index < -0.39 is 47.9 Å². The van der Waals surface area contributed by atoms with Crippen molar-refractivity contribution >= 4 is 29.7 Å². The summed E-state index contributed by atoms with van der Waals surface area (Å²) >= 11 is 0. The molecule has 4 atom stereocenters. The van der Waals surface area contributed by atoms with Gasteiger partial charge in [-0.3, -0.25) is 24.2 Å². The number of nitrogens with zero attached hydrogens (tertiary/aromatic N) is 1. The van der Waals surface area contributed by atoms with Gasteiger partial charge in [-0.15, -0.1) is 0 Å². The first-order valence-electron chi connectivity index (χ1n) is 10.5. The summed E-state index contributed by atoms with van der Waals surface area (Å²) in [6, 6.07) is 5.15. The Balaban J connectivity index is 2.71. The second-order valence-electron chi connectivity index (χ2n) is 7.60. The van der Waals surface area contributed by atoms with Crippen molar-refractivity contribution in [2.75, 3.05) is 6.54 Å². The SMILES string of the molecule is CC(NC(=O)C(CCCN=C(N)N)NC(=O)C(C)NC(=O)C(N)Cc1ccccc1)C(=O)O. The molecule has 0 radical (unpaired) electrons. The van der Waals surface area contributed by atoms with Crippen molar-refractivity contribution in [3.63, 3.8) is 0 Å². The van der Waals surface area contributed by atoms with Crippen molar-refractivity contribution < 1.29 is 24.3 Å². The maximum absolute atomic E-state index is 12.6. The Morgan fingerprint density at radius 2 is 1.55 bits per heavy atom. The van der Waals surface area contributed by atoms with Crippen molar-refractivity contribution in [2.24, 2.45) is 22.2 Å². The van der Waals surface area contributed by atoms with E-state index in [0.717, 1.165) is 5.56 Å². The van der Waals surface area contributed by atoms with E-state index >= 15 is 0 Å². The summed E-state index contributed by atoms with van der Waals surface area (Å²) in [5.41, 5.74) is 17.4. The number of carbonyl (C=O) groups excluding carboxylic acids is 3. The van der Waals surface area contributed by atoms with Crippen molar-refractivity contribution in [1.82, 2.24) is 16.0 Å². The lowest BCUT2D eigenvalue weighted by Crippen LogP contribution is -2.56. The summed E-state index contributed by atoms with van der Waals surface area (Å²) in [6.45, 7) is 2.98. The van der Waals surface area contributed by atoms with Crippen LogP contribution in [-0.2, 0) is 25.6 Å². The zero-order valence-electron chi connectivity index (χ0n) is 18.8. The third-order valence-corrected chi connectivity index (χ3v) is 4.69. The highest BCUT2D eigenvalue weighted by molar-refractivity contribution is 5.93. The Hall–Kier alpha value is -3.67. The molecule has 0 saturated carbocycles. The van der Waals surface area contributed by atoms with Gasteiger partial charge in [0, 0.05) is 6.54 Å². The average molecular weight is 464 g/mol. The average Bonchev–Trinajstić information content (AvgIpc) is 2.75. The summed E-state index contributed by atoms with van der Waals surface area (Å²) in [5.74, 6) is -3.15. The van der Waals surface area contributed by atoms with Crippen LogP contribution in [0.15, 0.2) is 35.3 Å². The molecule has 0 aliphatic heterocycles. The van der Waals surface area contributed by atoms with Crippen molar-refractivity contribution in [2.45, 2.75) is 57.3 Å². The normalized spacial score (nSPS) is 14.2. The predicted molar refractivity (Wildman–Crippen MR) is 123 cm³/mol. The summed E-state index contributed by atoms with van der Waals surface area (Å²) in [5, 5.41) is 16.4. The molecule has 0 aliphatic carbocycles. The maximum atomic E-state index is 12.6. The van der Waals surface area contributed by atoms with Crippen LogP contribution in [0.1, 0.15) is 32.3 Å². The van der Waals surface area contributed by atoms with E-state index in [2.05, 4.69) is 20.9 Å². The lowest BCUT2D eigenvalue weighted by Gasteiger charge is -2.23. The lowest BCUT2D eigenvalue weighted by molar-refractivity contribution is -0.141. The molecule has 0 aromatic heterocycles. The number of hydrogen-bond donors (Lipinski definition) is 7. The fourth-order valence-electron chi connectivity index (χ4n) is 2.79. The number of carboxylic acid groups (broad SMARTS) is 1. The maximum Gasteiger partial charge on any atom is 0.325 e. The smallest absolute Gasteiger partial charge is 0.325 e. The molecule has 0 fully saturated rings. The minimum Gasteiger partial charge on any atom is -0.480 e. The van der Waals surface area contributed by atoms with Crippen LogP contribution in [0.3, 0.4) is 0 Å². The van der Waals surface area contributed by atoms with Crippen molar-refractivity contribution in [3.8, 4) is 0 Å². The lowest BCUT2D eigenvalue weighted by atomic mass is 10.1. The Morgan fingerprint density at radius 3 is 2.12 bits per heavy atom. The summed E-state index contributed by atoms with van der Waals surface area (Å²) < 4.78 is 0. The molecule has 3 amide bonds. The number of nitrogens with one attached hydrogen (secondary N) is 3. The van der Waals surface area contributed by atoms with Crippen molar-refractivity contribution in [3.05, 3.63) is 35.9 Å². The molecule has 0 aliphatic rings. The molecule has 33 heavy (non-hydrogen) atoms. The Labute approximate surface area is 192 Å². The highest BCUT2D eigenvalue weighted by atomic mass is 16.4. The fourth-order valence-corrected chi connectivity index (χ4v) is 2.79. The molecule has 0 bridgehead atoms. The Bertz CT molecular complexity index is 843. The molecule has 10 N–H and O–H groups in total. The van der Waals surface area contributed by atoms with Gasteiger partial charge in [0.2, 0.25) is 17.7 Å². The molecular weight excluding hydrogens is 430 g/mol. The van der Waals surface area contributed by atoms with Gasteiger partial charge in [0.05, 0.1) is 6.04 Å². The van der Waals surface area contributed by atoms with Gasteiger partial charge < -0.3 is 38.3 Å². The third-order valence-electron chi connectivity index (χ3n) is 4.69. The molecular formula is C21H33N7O5. The zero-order valence-corrected chi connectivity index (χ0v) is 18.8. The van der Waals surface area contributed by atoms with E-state index in [1.807, 2.05) is 30.3 Å². The van der Waals surface area contributed by atoms with E-state index in [1.54, 1.807) is 0 Å². The van der Waals surface area contributed by atoms with Gasteiger partial charge in [0.25, 0.3) is 0 Å². The molecule has 0 saturated heterocycles. The number of benzene rings is 1. The number of carboxylic acids is 1. The monoisotopic (exact) mass is 463 g/mol. The number of carbonyl (C=O) groups is 4. The summed E-state index contributed by atoms with van der Waals surface area (Å²) in [4.78, 5) is 52.3. The molecule has 12 nitrogen and oxygen atoms in total. The molecule has 182 valence electrons. The quantitative estimate of drug-likeness (QED) is 0.100. The van der Waals surface area contributed by atoms with Gasteiger partial charge in [-0.1, -0.05) is 30.3 Å². The number of amides is 3. The summed E-state index contributed by atoms with van der Waals surface area (Å²) in [7, 11) is 0. The number of aliphatic carboxylic acids is 1. The minimum absolute atomic E-state index is 0.109. The topological polar surface area (TPSA) is 215 Å². The highest BCUT2D eigenvalue weighted by Gasteiger charge is 2.27. The van der Waals surface area contributed by atoms with Crippen LogP contribution in [0, 0.1) is 0 Å². The molecule has 0 spiro atoms. The second-order valence-corrected chi connectivity index (χ2v) is 7.60. The predicted octanol–water partition coefficient (Wildman–Crippen LogP) is -1.81. The number of nitrogens with two attached hydrogens (primary N) is 3. The van der Waals surface area contributed by atoms with Gasteiger partial charge >= 0.3 is 5.97 Å². The Kier molecular flexibility index (Phi) is 11.3. The van der Waals surface area contributed by atoms with Crippen LogP contribution in [0.4, 0.5) is 0 Å². The fraction of sp³-hybridized carbons (Fsp3) is 0.476. The van der Waals surface area contributed by atoms with Crippen molar-refractivity contribution in [1.29, 1.82) is 0 Å². The largest absolute Gasteiger partial charge is 0.480 e. The number of aliphatic imine (C=N–C) groups is 1. The van der Waals surface area contributed by atoms with Gasteiger partial charge in [-0.2, -0.15) is 0 Å². The van der Waals surface area contributed by atoms with E-state index in [-0.39, 0.29) is 18.9 Å². The van der Waals surface area contributed by atoms with Crippen LogP contribution < -0.4 is 33.2 Å². The number of rotatable bonds is 13. The third kappa shape index (κ3) is 10.5. The van der Waals surface area contributed by atoms with E-state index in [1.165, 1.54) is 13.8 Å². The summed E-state index contributed by atoms with van der Waals surface area (Å²) in [6.07, 6.45) is 0.791. The van der Waals surface area contributed by atoms with Gasteiger partial charge in [-0.05, 0) is 38.7 Å². The number of guanidine groups is 1. The van der Waals surface area contributed by atoms with Crippen LogP contribution in [0.2, 0.25) is 0 Å². The Morgan fingerprint density at radius 1 is 0.939 bits per heavy atom. The van der Waals surface area contributed by atoms with Gasteiger partial charge in [0.1, 0.15) is 18.1 Å². The minimum atomic E-state index is -1.22. The first kappa shape index (κ1) is 27.4. The van der Waals surface area contributed by atoms with E-state index in [9.17, 15) is 19.2 Å². The van der Waals surface area contributed by atoms with E-state index in [4.69, 9.17) is 22.3 Å². The van der Waals surface area contributed by atoms with Crippen LogP contribution >= 0.6 is 0 Å². The molecule has 12 heteroatoms. The van der Waals surface area contributed by atoms with Crippen LogP contribution in [0.25, 0.3) is 0 Å². The molecule has 1 rings (SSSR count). The van der Waals surface area contributed by atoms with Crippen LogP contribution in [0.5, 0.6) is 0 Å². The standard InChI is InChI=1S/C21H33N7O5/c1-12(26-18(30)15(22)11-14-7-4-3-5-8-14)17(29)28-16(9-6-10-25-21(23)24)19(31)27-13(2)20(32)33/h3-5,7-8,12-13,15-16H,6,9-11,22H2,1-2H3,(H,26,30)(H,27,31)(H,28,29)(H,32,33)(H4,23,24,25).